The summed E-state index contributed by atoms with van der Waals surface area (Å²) in [5.74, 6) is -2.15. The third kappa shape index (κ3) is 3.13. The minimum atomic E-state index is -3.04. The van der Waals surface area contributed by atoms with Crippen LogP contribution in [-0.2, 0) is 19.4 Å². The fraction of sp³-hybridized carbons (Fsp3) is 0.846. The first-order chi connectivity index (χ1) is 9.32. The normalized spacial score (nSPS) is 32.8. The second-order valence-electron chi connectivity index (χ2n) is 5.84. The van der Waals surface area contributed by atoms with Crippen molar-refractivity contribution in [3.8, 4) is 0 Å². The number of sulfone groups is 1. The van der Waals surface area contributed by atoms with E-state index in [1.54, 1.807) is 7.05 Å². The van der Waals surface area contributed by atoms with Gasteiger partial charge in [-0.25, -0.2) is 8.42 Å². The van der Waals surface area contributed by atoms with E-state index >= 15 is 0 Å². The van der Waals surface area contributed by atoms with E-state index in [-0.39, 0.29) is 23.5 Å². The zero-order valence-corrected chi connectivity index (χ0v) is 12.4. The number of carbonyl (C=O) groups is 2. The number of hydrogen-bond acceptors (Lipinski definition) is 4. The molecule has 20 heavy (non-hydrogen) atoms. The fourth-order valence-corrected chi connectivity index (χ4v) is 5.02. The van der Waals surface area contributed by atoms with Gasteiger partial charge < -0.3 is 10.0 Å². The maximum Gasteiger partial charge on any atom is 0.307 e. The first kappa shape index (κ1) is 15.3. The van der Waals surface area contributed by atoms with Crippen LogP contribution in [0.4, 0.5) is 0 Å². The number of amides is 1. The summed E-state index contributed by atoms with van der Waals surface area (Å²) in [6, 6.07) is -0.302. The third-order valence-electron chi connectivity index (χ3n) is 4.50. The van der Waals surface area contributed by atoms with Crippen molar-refractivity contribution >= 4 is 21.7 Å². The Kier molecular flexibility index (Phi) is 4.36. The molecule has 114 valence electrons. The smallest absolute Gasteiger partial charge is 0.307 e. The lowest BCUT2D eigenvalue weighted by Crippen LogP contribution is -2.45. The Bertz CT molecular complexity index is 501. The number of carboxylic acid groups (broad SMARTS) is 1. The Balaban J connectivity index is 2.07. The molecule has 0 spiro atoms. The van der Waals surface area contributed by atoms with E-state index in [1.165, 1.54) is 4.90 Å². The molecule has 2 fully saturated rings. The van der Waals surface area contributed by atoms with Gasteiger partial charge in [-0.2, -0.15) is 0 Å². The predicted octanol–water partition coefficient (Wildman–Crippen LogP) is 0.523. The van der Waals surface area contributed by atoms with Crippen LogP contribution in [0, 0.1) is 11.8 Å². The zero-order valence-electron chi connectivity index (χ0n) is 11.6. The van der Waals surface area contributed by atoms with E-state index in [0.717, 1.165) is 12.8 Å². The highest BCUT2D eigenvalue weighted by molar-refractivity contribution is 7.91. The van der Waals surface area contributed by atoms with Crippen LogP contribution in [0.15, 0.2) is 0 Å². The van der Waals surface area contributed by atoms with Gasteiger partial charge in [0.25, 0.3) is 0 Å². The Hall–Kier alpha value is -1.11. The Morgan fingerprint density at radius 3 is 2.20 bits per heavy atom. The summed E-state index contributed by atoms with van der Waals surface area (Å²) < 4.78 is 23.0. The fourth-order valence-electron chi connectivity index (χ4n) is 3.24. The second kappa shape index (κ2) is 5.71. The Labute approximate surface area is 119 Å². The van der Waals surface area contributed by atoms with Crippen LogP contribution in [0.3, 0.4) is 0 Å². The quantitative estimate of drug-likeness (QED) is 0.821. The molecule has 1 saturated carbocycles. The van der Waals surface area contributed by atoms with Gasteiger partial charge in [-0.15, -0.1) is 0 Å². The minimum absolute atomic E-state index is 0.000300. The van der Waals surface area contributed by atoms with E-state index in [2.05, 4.69) is 0 Å². The molecule has 0 bridgehead atoms. The third-order valence-corrected chi connectivity index (χ3v) is 6.25. The number of carboxylic acids is 1. The minimum Gasteiger partial charge on any atom is -0.481 e. The van der Waals surface area contributed by atoms with E-state index < -0.39 is 27.6 Å². The largest absolute Gasteiger partial charge is 0.481 e. The van der Waals surface area contributed by atoms with E-state index in [4.69, 9.17) is 0 Å². The van der Waals surface area contributed by atoms with Crippen LogP contribution in [0.1, 0.15) is 32.1 Å². The molecule has 1 heterocycles. The van der Waals surface area contributed by atoms with Crippen LogP contribution < -0.4 is 0 Å². The molecule has 0 unspecified atom stereocenters. The van der Waals surface area contributed by atoms with Crippen molar-refractivity contribution in [1.82, 2.24) is 4.90 Å². The molecule has 0 aromatic heterocycles. The van der Waals surface area contributed by atoms with Crippen molar-refractivity contribution in [2.45, 2.75) is 38.1 Å². The topological polar surface area (TPSA) is 91.8 Å². The maximum atomic E-state index is 12.5. The number of carbonyl (C=O) groups excluding carboxylic acids is 1. The molecule has 2 aliphatic rings. The number of aliphatic carboxylic acids is 1. The van der Waals surface area contributed by atoms with Gasteiger partial charge in [-0.05, 0) is 19.3 Å². The van der Waals surface area contributed by atoms with Crippen molar-refractivity contribution in [1.29, 1.82) is 0 Å². The number of rotatable bonds is 3. The van der Waals surface area contributed by atoms with Crippen LogP contribution >= 0.6 is 0 Å². The van der Waals surface area contributed by atoms with Crippen molar-refractivity contribution in [3.63, 3.8) is 0 Å². The molecule has 3 atom stereocenters. The van der Waals surface area contributed by atoms with Gasteiger partial charge in [0, 0.05) is 13.1 Å². The molecule has 0 aromatic carbocycles. The van der Waals surface area contributed by atoms with Crippen LogP contribution in [-0.4, -0.2) is 54.9 Å². The second-order valence-corrected chi connectivity index (χ2v) is 8.07. The molecule has 1 amide bonds. The summed E-state index contributed by atoms with van der Waals surface area (Å²) in [6.45, 7) is 0. The van der Waals surface area contributed by atoms with Crippen molar-refractivity contribution in [3.05, 3.63) is 0 Å². The van der Waals surface area contributed by atoms with Gasteiger partial charge in [0.15, 0.2) is 9.84 Å². The van der Waals surface area contributed by atoms with Crippen LogP contribution in [0.25, 0.3) is 0 Å². The molecular weight excluding hydrogens is 282 g/mol. The summed E-state index contributed by atoms with van der Waals surface area (Å²) in [5.41, 5.74) is 0. The average molecular weight is 303 g/mol. The standard InChI is InChI=1S/C13H21NO5S/c1-14(9-6-7-20(18,19)8-9)12(15)10-4-2-3-5-11(10)13(16)17/h9-11H,2-8H2,1H3,(H,16,17)/t9-,10+,11-/m0/s1. The molecule has 2 rings (SSSR count). The highest BCUT2D eigenvalue weighted by Crippen LogP contribution is 2.32. The number of hydrogen-bond donors (Lipinski definition) is 1. The van der Waals surface area contributed by atoms with Crippen molar-refractivity contribution < 1.29 is 23.1 Å². The van der Waals surface area contributed by atoms with Gasteiger partial charge in [-0.3, -0.25) is 9.59 Å². The van der Waals surface area contributed by atoms with Gasteiger partial charge in [0.2, 0.25) is 5.91 Å². The lowest BCUT2D eigenvalue weighted by Gasteiger charge is -2.33. The van der Waals surface area contributed by atoms with Crippen LogP contribution in [0.2, 0.25) is 0 Å². The van der Waals surface area contributed by atoms with Crippen molar-refractivity contribution in [2.24, 2.45) is 11.8 Å². The molecule has 1 saturated heterocycles. The highest BCUT2D eigenvalue weighted by atomic mass is 32.2. The molecule has 1 aliphatic carbocycles. The lowest BCUT2D eigenvalue weighted by atomic mass is 9.78. The molecule has 6 nitrogen and oxygen atoms in total. The first-order valence-electron chi connectivity index (χ1n) is 7.02. The predicted molar refractivity (Wildman–Crippen MR) is 72.9 cm³/mol. The Morgan fingerprint density at radius 1 is 1.10 bits per heavy atom. The SMILES string of the molecule is CN(C(=O)[C@@H]1CCCC[C@@H]1C(=O)O)[C@H]1CCS(=O)(=O)C1. The van der Waals surface area contributed by atoms with Crippen LogP contribution in [0.5, 0.6) is 0 Å². The lowest BCUT2D eigenvalue weighted by molar-refractivity contribution is -0.152. The molecule has 1 N–H and O–H groups in total. The highest BCUT2D eigenvalue weighted by Gasteiger charge is 2.40. The summed E-state index contributed by atoms with van der Waals surface area (Å²) >= 11 is 0. The summed E-state index contributed by atoms with van der Waals surface area (Å²) in [4.78, 5) is 25.2. The van der Waals surface area contributed by atoms with E-state index in [9.17, 15) is 23.1 Å². The molecule has 7 heteroatoms. The molecule has 0 aromatic rings. The van der Waals surface area contributed by atoms with E-state index in [0.29, 0.717) is 19.3 Å². The Morgan fingerprint density at radius 2 is 1.70 bits per heavy atom. The first-order valence-corrected chi connectivity index (χ1v) is 8.84. The average Bonchev–Trinajstić information content (AvgIpc) is 2.77. The molecule has 0 radical (unpaired) electrons. The monoisotopic (exact) mass is 303 g/mol. The van der Waals surface area contributed by atoms with Crippen molar-refractivity contribution in [2.75, 3.05) is 18.6 Å². The van der Waals surface area contributed by atoms with Gasteiger partial charge in [0.05, 0.1) is 23.3 Å². The van der Waals surface area contributed by atoms with Gasteiger partial charge >= 0.3 is 5.97 Å². The number of nitrogens with zero attached hydrogens (tertiary/aromatic N) is 1. The zero-order chi connectivity index (χ0) is 14.9. The van der Waals surface area contributed by atoms with Gasteiger partial charge in [-0.1, -0.05) is 12.8 Å². The van der Waals surface area contributed by atoms with E-state index in [1.807, 2.05) is 0 Å². The molecular formula is C13H21NO5S. The van der Waals surface area contributed by atoms with Gasteiger partial charge in [0.1, 0.15) is 0 Å². The summed E-state index contributed by atoms with van der Waals surface area (Å²) in [6.07, 6.45) is 3.26. The molecule has 1 aliphatic heterocycles. The summed E-state index contributed by atoms with van der Waals surface area (Å²) in [7, 11) is -1.45. The summed E-state index contributed by atoms with van der Waals surface area (Å²) in [5, 5.41) is 9.22. The maximum absolute atomic E-state index is 12.5.